The molecule has 25 heavy (non-hydrogen) atoms. The van der Waals surface area contributed by atoms with Crippen LogP contribution in [0.4, 0.5) is 0 Å². The van der Waals surface area contributed by atoms with E-state index in [1.807, 2.05) is 44.2 Å². The highest BCUT2D eigenvalue weighted by molar-refractivity contribution is 7.89. The second kappa shape index (κ2) is 6.78. The van der Waals surface area contributed by atoms with Gasteiger partial charge >= 0.3 is 0 Å². The number of aryl methyl sites for hydroxylation is 3. The molecule has 1 aromatic heterocycles. The molecular weight excluding hydrogens is 338 g/mol. The van der Waals surface area contributed by atoms with Crippen molar-refractivity contribution in [2.24, 2.45) is 0 Å². The summed E-state index contributed by atoms with van der Waals surface area (Å²) < 4.78 is 32.6. The van der Waals surface area contributed by atoms with Crippen LogP contribution in [0.2, 0.25) is 0 Å². The number of nitrogens with one attached hydrogen (secondary N) is 1. The molecule has 3 aromatic rings. The van der Waals surface area contributed by atoms with Crippen molar-refractivity contribution in [3.63, 3.8) is 0 Å². The first-order valence-corrected chi connectivity index (χ1v) is 9.30. The maximum absolute atomic E-state index is 12.5. The van der Waals surface area contributed by atoms with Crippen LogP contribution < -0.4 is 4.72 Å². The number of nitrogens with zero attached hydrogens (tertiary/aromatic N) is 2. The van der Waals surface area contributed by atoms with Crippen molar-refractivity contribution in [3.05, 3.63) is 65.0 Å². The monoisotopic (exact) mass is 357 g/mol. The molecule has 0 aliphatic rings. The van der Waals surface area contributed by atoms with Crippen molar-refractivity contribution in [1.29, 1.82) is 0 Å². The van der Waals surface area contributed by atoms with E-state index in [-0.39, 0.29) is 17.3 Å². The Kier molecular flexibility index (Phi) is 4.69. The van der Waals surface area contributed by atoms with Gasteiger partial charge in [-0.2, -0.15) is 4.98 Å². The SMILES string of the molecule is Cc1cccc(-c2noc(CNS(=O)(=O)c3ccc(C)cc3C)n2)c1. The molecule has 6 nitrogen and oxygen atoms in total. The van der Waals surface area contributed by atoms with Gasteiger partial charge in [-0.1, -0.05) is 46.6 Å². The maximum Gasteiger partial charge on any atom is 0.242 e. The fourth-order valence-electron chi connectivity index (χ4n) is 2.56. The molecule has 0 radical (unpaired) electrons. The van der Waals surface area contributed by atoms with Gasteiger partial charge in [0, 0.05) is 5.56 Å². The van der Waals surface area contributed by atoms with Crippen molar-refractivity contribution in [1.82, 2.24) is 14.9 Å². The summed E-state index contributed by atoms with van der Waals surface area (Å²) in [6.07, 6.45) is 0. The highest BCUT2D eigenvalue weighted by Gasteiger charge is 2.18. The summed E-state index contributed by atoms with van der Waals surface area (Å²) in [4.78, 5) is 4.50. The summed E-state index contributed by atoms with van der Waals surface area (Å²) in [5.74, 6) is 0.647. The van der Waals surface area contributed by atoms with Gasteiger partial charge in [0.05, 0.1) is 11.4 Å². The highest BCUT2D eigenvalue weighted by Crippen LogP contribution is 2.18. The second-order valence-electron chi connectivity index (χ2n) is 5.97. The van der Waals surface area contributed by atoms with Crippen LogP contribution in [0.15, 0.2) is 51.9 Å². The van der Waals surface area contributed by atoms with Crippen molar-refractivity contribution < 1.29 is 12.9 Å². The van der Waals surface area contributed by atoms with Crippen LogP contribution in [0.25, 0.3) is 11.4 Å². The maximum atomic E-state index is 12.5. The quantitative estimate of drug-likeness (QED) is 0.758. The summed E-state index contributed by atoms with van der Waals surface area (Å²) in [5.41, 5.74) is 3.61. The zero-order valence-corrected chi connectivity index (χ0v) is 15.1. The Morgan fingerprint density at radius 3 is 2.52 bits per heavy atom. The minimum atomic E-state index is -3.65. The molecule has 0 aliphatic carbocycles. The van der Waals surface area contributed by atoms with Crippen molar-refractivity contribution in [2.75, 3.05) is 0 Å². The normalized spacial score (nSPS) is 11.6. The zero-order chi connectivity index (χ0) is 18.0. The number of benzene rings is 2. The summed E-state index contributed by atoms with van der Waals surface area (Å²) in [6.45, 7) is 5.60. The lowest BCUT2D eigenvalue weighted by molar-refractivity contribution is 0.376. The fourth-order valence-corrected chi connectivity index (χ4v) is 3.76. The molecule has 0 spiro atoms. The first-order chi connectivity index (χ1) is 11.8. The minimum Gasteiger partial charge on any atom is -0.338 e. The zero-order valence-electron chi connectivity index (χ0n) is 14.3. The van der Waals surface area contributed by atoms with E-state index in [0.29, 0.717) is 11.4 Å². The van der Waals surface area contributed by atoms with Gasteiger partial charge in [-0.15, -0.1) is 0 Å². The Morgan fingerprint density at radius 1 is 1.04 bits per heavy atom. The van der Waals surface area contributed by atoms with Gasteiger partial charge in [0.2, 0.25) is 21.7 Å². The van der Waals surface area contributed by atoms with E-state index in [2.05, 4.69) is 14.9 Å². The first-order valence-electron chi connectivity index (χ1n) is 7.82. The van der Waals surface area contributed by atoms with Crippen LogP contribution in [0, 0.1) is 20.8 Å². The molecule has 0 saturated heterocycles. The molecule has 0 atom stereocenters. The van der Waals surface area contributed by atoms with E-state index in [4.69, 9.17) is 4.52 Å². The molecular formula is C18H19N3O3S. The minimum absolute atomic E-state index is 0.0610. The molecule has 0 amide bonds. The molecule has 7 heteroatoms. The number of hydrogen-bond donors (Lipinski definition) is 1. The van der Waals surface area contributed by atoms with Gasteiger partial charge < -0.3 is 4.52 Å². The average molecular weight is 357 g/mol. The summed E-state index contributed by atoms with van der Waals surface area (Å²) in [7, 11) is -3.65. The third-order valence-corrected chi connectivity index (χ3v) is 5.34. The summed E-state index contributed by atoms with van der Waals surface area (Å²) in [6, 6.07) is 12.9. The van der Waals surface area contributed by atoms with Gasteiger partial charge in [-0.25, -0.2) is 13.1 Å². The van der Waals surface area contributed by atoms with Crippen molar-refractivity contribution >= 4 is 10.0 Å². The van der Waals surface area contributed by atoms with Gasteiger partial charge in [0.15, 0.2) is 0 Å². The molecule has 1 N–H and O–H groups in total. The standard InChI is InChI=1S/C18H19N3O3S/c1-12-5-4-6-15(10-12)18-20-17(24-21-18)11-19-25(22,23)16-8-7-13(2)9-14(16)3/h4-10,19H,11H2,1-3H3. The third-order valence-electron chi connectivity index (χ3n) is 3.78. The summed E-state index contributed by atoms with van der Waals surface area (Å²) in [5, 5.41) is 3.91. The lowest BCUT2D eigenvalue weighted by atomic mass is 10.1. The molecule has 0 aliphatic heterocycles. The van der Waals surface area contributed by atoms with Crippen molar-refractivity contribution in [2.45, 2.75) is 32.2 Å². The van der Waals surface area contributed by atoms with Crippen LogP contribution >= 0.6 is 0 Å². The van der Waals surface area contributed by atoms with Gasteiger partial charge in [0.1, 0.15) is 0 Å². The Hall–Kier alpha value is -2.51. The first kappa shape index (κ1) is 17.3. The number of rotatable bonds is 5. The van der Waals surface area contributed by atoms with Gasteiger partial charge in [-0.3, -0.25) is 0 Å². The van der Waals surface area contributed by atoms with Gasteiger partial charge in [-0.05, 0) is 38.5 Å². The second-order valence-corrected chi connectivity index (χ2v) is 7.71. The average Bonchev–Trinajstić information content (AvgIpc) is 3.02. The smallest absolute Gasteiger partial charge is 0.242 e. The lowest BCUT2D eigenvalue weighted by Gasteiger charge is -2.08. The molecule has 3 rings (SSSR count). The van der Waals surface area contributed by atoms with Crippen LogP contribution in [-0.4, -0.2) is 18.6 Å². The topological polar surface area (TPSA) is 85.1 Å². The van der Waals surface area contributed by atoms with E-state index in [1.54, 1.807) is 19.1 Å². The van der Waals surface area contributed by atoms with Crippen LogP contribution in [0.1, 0.15) is 22.6 Å². The van der Waals surface area contributed by atoms with Crippen LogP contribution in [0.5, 0.6) is 0 Å². The van der Waals surface area contributed by atoms with E-state index in [9.17, 15) is 8.42 Å². The molecule has 130 valence electrons. The third kappa shape index (κ3) is 3.94. The molecule has 0 bridgehead atoms. The highest BCUT2D eigenvalue weighted by atomic mass is 32.2. The number of hydrogen-bond acceptors (Lipinski definition) is 5. The van der Waals surface area contributed by atoms with Crippen LogP contribution in [-0.2, 0) is 16.6 Å². The molecule has 2 aromatic carbocycles. The Morgan fingerprint density at radius 2 is 1.80 bits per heavy atom. The largest absolute Gasteiger partial charge is 0.338 e. The fraction of sp³-hybridized carbons (Fsp3) is 0.222. The van der Waals surface area contributed by atoms with Crippen molar-refractivity contribution in [3.8, 4) is 11.4 Å². The van der Waals surface area contributed by atoms with E-state index in [1.165, 1.54) is 0 Å². The van der Waals surface area contributed by atoms with Gasteiger partial charge in [0.25, 0.3) is 0 Å². The summed E-state index contributed by atoms with van der Waals surface area (Å²) >= 11 is 0. The molecule has 0 fully saturated rings. The van der Waals surface area contributed by atoms with E-state index in [0.717, 1.165) is 16.7 Å². The van der Waals surface area contributed by atoms with Crippen LogP contribution in [0.3, 0.4) is 0 Å². The Bertz CT molecular complexity index is 1010. The number of sulfonamides is 1. The predicted molar refractivity (Wildman–Crippen MR) is 94.4 cm³/mol. The Balaban J connectivity index is 1.75. The van der Waals surface area contributed by atoms with E-state index < -0.39 is 10.0 Å². The predicted octanol–water partition coefficient (Wildman–Crippen LogP) is 3.14. The molecule has 1 heterocycles. The number of aromatic nitrogens is 2. The lowest BCUT2D eigenvalue weighted by Crippen LogP contribution is -2.24. The van der Waals surface area contributed by atoms with E-state index >= 15 is 0 Å². The Labute approximate surface area is 147 Å². The molecule has 0 unspecified atom stereocenters. The molecule has 0 saturated carbocycles.